The first-order valence-electron chi connectivity index (χ1n) is 9.71. The molecule has 0 saturated carbocycles. The number of oxazole rings is 1. The van der Waals surface area contributed by atoms with Crippen LogP contribution in [0.3, 0.4) is 0 Å². The first kappa shape index (κ1) is 18.9. The van der Waals surface area contributed by atoms with Gasteiger partial charge in [-0.1, -0.05) is 17.7 Å². The molecule has 2 aromatic carbocycles. The molecule has 0 fully saturated rings. The number of aromatic nitrogens is 2. The molecule has 8 heteroatoms. The van der Waals surface area contributed by atoms with Crippen molar-refractivity contribution >= 4 is 45.6 Å². The second-order valence-corrected chi connectivity index (χ2v) is 8.12. The Morgan fingerprint density at radius 3 is 3.00 bits per heavy atom. The molecule has 0 radical (unpaired) electrons. The summed E-state index contributed by atoms with van der Waals surface area (Å²) in [6.07, 6.45) is 1.54. The number of rotatable bonds is 4. The molecule has 4 aromatic rings. The summed E-state index contributed by atoms with van der Waals surface area (Å²) in [7, 11) is 1.91. The van der Waals surface area contributed by atoms with Gasteiger partial charge in [0, 0.05) is 35.8 Å². The summed E-state index contributed by atoms with van der Waals surface area (Å²) >= 11 is 6.23. The third-order valence-corrected chi connectivity index (χ3v) is 6.11. The maximum Gasteiger partial charge on any atom is 0.307 e. The minimum atomic E-state index is -0.849. The maximum atomic E-state index is 13.5. The third-order valence-electron chi connectivity index (χ3n) is 5.87. The zero-order chi connectivity index (χ0) is 21.0. The Morgan fingerprint density at radius 1 is 1.37 bits per heavy atom. The van der Waals surface area contributed by atoms with E-state index < -0.39 is 5.97 Å². The maximum absolute atomic E-state index is 13.5. The molecule has 3 heterocycles. The molecule has 1 N–H and O–H groups in total. The molecule has 1 aliphatic rings. The van der Waals surface area contributed by atoms with Crippen LogP contribution in [0.25, 0.3) is 22.0 Å². The molecular weight excluding hydrogens is 409 g/mol. The number of hydrogen-bond donors (Lipinski definition) is 1. The van der Waals surface area contributed by atoms with Crippen LogP contribution in [0.4, 0.5) is 10.4 Å². The van der Waals surface area contributed by atoms with E-state index in [4.69, 9.17) is 16.0 Å². The van der Waals surface area contributed by atoms with Crippen LogP contribution in [0.2, 0.25) is 5.02 Å². The monoisotopic (exact) mass is 427 g/mol. The Balaban J connectivity index is 1.52. The van der Waals surface area contributed by atoms with Crippen LogP contribution < -0.4 is 4.90 Å². The summed E-state index contributed by atoms with van der Waals surface area (Å²) in [5.74, 6) is -1.20. The van der Waals surface area contributed by atoms with Crippen LogP contribution in [-0.2, 0) is 24.2 Å². The summed E-state index contributed by atoms with van der Waals surface area (Å²) in [4.78, 5) is 17.8. The van der Waals surface area contributed by atoms with Crippen molar-refractivity contribution in [1.29, 1.82) is 0 Å². The van der Waals surface area contributed by atoms with Gasteiger partial charge in [-0.25, -0.2) is 4.39 Å². The van der Waals surface area contributed by atoms with Gasteiger partial charge in [-0.3, -0.25) is 4.79 Å². The summed E-state index contributed by atoms with van der Waals surface area (Å²) in [6.45, 7) is 0.648. The highest BCUT2D eigenvalue weighted by molar-refractivity contribution is 6.31. The lowest BCUT2D eigenvalue weighted by atomic mass is 9.99. The number of halogens is 2. The number of aliphatic carboxylic acids is 1. The molecular formula is C22H19ClFN3O3. The van der Waals surface area contributed by atoms with Gasteiger partial charge in [0.05, 0.1) is 18.0 Å². The Hall–Kier alpha value is -3.06. The van der Waals surface area contributed by atoms with E-state index in [2.05, 4.69) is 9.55 Å². The van der Waals surface area contributed by atoms with Crippen molar-refractivity contribution in [2.75, 3.05) is 11.9 Å². The average Bonchev–Trinajstić information content (AvgIpc) is 3.26. The number of anilines is 1. The van der Waals surface area contributed by atoms with E-state index in [1.54, 1.807) is 12.1 Å². The number of likely N-dealkylation sites (N-methyl/N-ethyl adjacent to an activating group) is 1. The zero-order valence-corrected chi connectivity index (χ0v) is 17.0. The highest BCUT2D eigenvalue weighted by atomic mass is 35.5. The van der Waals surface area contributed by atoms with Gasteiger partial charge in [0.25, 0.3) is 6.01 Å². The highest BCUT2D eigenvalue weighted by Gasteiger charge is 2.29. The Morgan fingerprint density at radius 2 is 2.20 bits per heavy atom. The predicted molar refractivity (Wildman–Crippen MR) is 113 cm³/mol. The third kappa shape index (κ3) is 3.10. The van der Waals surface area contributed by atoms with Crippen LogP contribution in [0, 0.1) is 5.82 Å². The van der Waals surface area contributed by atoms with Crippen molar-refractivity contribution in [3.8, 4) is 0 Å². The SMILES string of the molecule is CN(c1nc2cc(F)ccc2o1)C1CCc2c(CC(=O)O)c3ccc(Cl)cc3n2C1. The number of nitrogens with zero attached hydrogens (tertiary/aromatic N) is 3. The molecule has 0 bridgehead atoms. The highest BCUT2D eigenvalue weighted by Crippen LogP contribution is 2.35. The minimum Gasteiger partial charge on any atom is -0.481 e. The van der Waals surface area contributed by atoms with Crippen molar-refractivity contribution in [1.82, 2.24) is 9.55 Å². The lowest BCUT2D eigenvalue weighted by Gasteiger charge is -2.32. The van der Waals surface area contributed by atoms with E-state index in [-0.39, 0.29) is 18.3 Å². The fourth-order valence-electron chi connectivity index (χ4n) is 4.41. The van der Waals surface area contributed by atoms with Gasteiger partial charge < -0.3 is 19.0 Å². The van der Waals surface area contributed by atoms with E-state index in [0.717, 1.165) is 35.0 Å². The summed E-state index contributed by atoms with van der Waals surface area (Å²) < 4.78 is 21.5. The summed E-state index contributed by atoms with van der Waals surface area (Å²) in [5, 5.41) is 10.9. The van der Waals surface area contributed by atoms with Crippen molar-refractivity contribution in [3.05, 3.63) is 58.5 Å². The molecule has 0 saturated heterocycles. The first-order valence-corrected chi connectivity index (χ1v) is 10.1. The van der Waals surface area contributed by atoms with Gasteiger partial charge >= 0.3 is 5.97 Å². The minimum absolute atomic E-state index is 0.0162. The number of hydrogen-bond acceptors (Lipinski definition) is 4. The number of carbonyl (C=O) groups is 1. The lowest BCUT2D eigenvalue weighted by Crippen LogP contribution is -2.39. The number of carboxylic acids is 1. The molecule has 0 spiro atoms. The van der Waals surface area contributed by atoms with Crippen molar-refractivity contribution in [2.24, 2.45) is 0 Å². The van der Waals surface area contributed by atoms with Gasteiger partial charge in [-0.2, -0.15) is 4.98 Å². The molecule has 1 atom stereocenters. The quantitative estimate of drug-likeness (QED) is 0.513. The number of fused-ring (bicyclic) bond motifs is 4. The largest absolute Gasteiger partial charge is 0.481 e. The topological polar surface area (TPSA) is 71.5 Å². The number of carboxylic acid groups (broad SMARTS) is 1. The fourth-order valence-corrected chi connectivity index (χ4v) is 4.57. The van der Waals surface area contributed by atoms with Crippen LogP contribution in [0.5, 0.6) is 0 Å². The second kappa shape index (κ2) is 7.02. The first-order chi connectivity index (χ1) is 14.4. The van der Waals surface area contributed by atoms with Gasteiger partial charge in [-0.05, 0) is 42.7 Å². The standard InChI is InChI=1S/C22H19ClFN3O3/c1-26(22-25-17-9-13(24)3-7-20(17)30-22)14-4-6-18-16(10-21(28)29)15-5-2-12(23)8-19(15)27(18)11-14/h2-3,5,7-9,14H,4,6,10-11H2,1H3,(H,28,29). The average molecular weight is 428 g/mol. The van der Waals surface area contributed by atoms with E-state index >= 15 is 0 Å². The van der Waals surface area contributed by atoms with Crippen molar-refractivity contribution in [3.63, 3.8) is 0 Å². The zero-order valence-electron chi connectivity index (χ0n) is 16.2. The second-order valence-electron chi connectivity index (χ2n) is 7.68. The van der Waals surface area contributed by atoms with Crippen LogP contribution >= 0.6 is 11.6 Å². The molecule has 30 heavy (non-hydrogen) atoms. The smallest absolute Gasteiger partial charge is 0.307 e. The van der Waals surface area contributed by atoms with Crippen molar-refractivity contribution in [2.45, 2.75) is 31.8 Å². The molecule has 0 amide bonds. The van der Waals surface area contributed by atoms with Crippen LogP contribution in [0.15, 0.2) is 40.8 Å². The molecule has 0 aliphatic carbocycles. The van der Waals surface area contributed by atoms with E-state index in [9.17, 15) is 14.3 Å². The van der Waals surface area contributed by atoms with E-state index in [1.807, 2.05) is 24.1 Å². The van der Waals surface area contributed by atoms with Crippen molar-refractivity contribution < 1.29 is 18.7 Å². The van der Waals surface area contributed by atoms with Gasteiger partial charge in [0.2, 0.25) is 0 Å². The van der Waals surface area contributed by atoms with Gasteiger partial charge in [0.1, 0.15) is 11.3 Å². The Kier molecular flexibility index (Phi) is 4.43. The molecule has 1 unspecified atom stereocenters. The molecule has 5 rings (SSSR count). The Labute approximate surface area is 176 Å². The van der Waals surface area contributed by atoms with Gasteiger partial charge in [-0.15, -0.1) is 0 Å². The molecule has 6 nitrogen and oxygen atoms in total. The normalized spacial score (nSPS) is 16.2. The molecule has 2 aromatic heterocycles. The predicted octanol–water partition coefficient (Wildman–Crippen LogP) is 4.65. The fraction of sp³-hybridized carbons (Fsp3) is 0.273. The van der Waals surface area contributed by atoms with Crippen LogP contribution in [0.1, 0.15) is 17.7 Å². The number of benzene rings is 2. The van der Waals surface area contributed by atoms with E-state index in [0.29, 0.717) is 28.7 Å². The Bertz CT molecular complexity index is 1300. The van der Waals surface area contributed by atoms with Gasteiger partial charge in [0.15, 0.2) is 5.58 Å². The molecule has 154 valence electrons. The lowest BCUT2D eigenvalue weighted by molar-refractivity contribution is -0.136. The molecule has 1 aliphatic heterocycles. The summed E-state index contributed by atoms with van der Waals surface area (Å²) in [6, 6.07) is 10.4. The van der Waals surface area contributed by atoms with Crippen LogP contribution in [-0.4, -0.2) is 33.7 Å². The summed E-state index contributed by atoms with van der Waals surface area (Å²) in [5.41, 5.74) is 3.85. The van der Waals surface area contributed by atoms with E-state index in [1.165, 1.54) is 12.1 Å².